The molecule has 0 unspecified atom stereocenters. The van der Waals surface area contributed by atoms with Crippen LogP contribution in [0.5, 0.6) is 0 Å². The summed E-state index contributed by atoms with van der Waals surface area (Å²) in [5.41, 5.74) is 0. The molecule has 0 aromatic carbocycles. The van der Waals surface area contributed by atoms with Crippen LogP contribution in [0.4, 0.5) is 0 Å². The highest BCUT2D eigenvalue weighted by molar-refractivity contribution is 5.77. The van der Waals surface area contributed by atoms with E-state index in [4.69, 9.17) is 0 Å². The van der Waals surface area contributed by atoms with Gasteiger partial charge in [0.1, 0.15) is 0 Å². The van der Waals surface area contributed by atoms with Crippen molar-refractivity contribution in [1.29, 1.82) is 0 Å². The Morgan fingerprint density at radius 3 is 1.28 bits per heavy atom. The fraction of sp³-hybridized carbons (Fsp3) is 0.786. The normalized spacial score (nSPS) is 11.4. The van der Waals surface area contributed by atoms with Gasteiger partial charge in [-0.05, 0) is 51.4 Å². The maximum absolute atomic E-state index is 11.9. The maximum Gasteiger partial charge on any atom is 0.220 e. The highest BCUT2D eigenvalue weighted by atomic mass is 16.2. The van der Waals surface area contributed by atoms with E-state index in [0.29, 0.717) is 25.9 Å². The minimum Gasteiger partial charge on any atom is -0.356 e. The fourth-order valence-corrected chi connectivity index (χ4v) is 3.54. The molecule has 186 valence electrons. The third-order valence-electron chi connectivity index (χ3n) is 5.61. The molecule has 0 atom stereocenters. The van der Waals surface area contributed by atoms with Crippen molar-refractivity contribution < 1.29 is 9.59 Å². The summed E-state index contributed by atoms with van der Waals surface area (Å²) < 4.78 is 0. The maximum atomic E-state index is 11.9. The van der Waals surface area contributed by atoms with E-state index in [1.54, 1.807) is 0 Å². The Kier molecular flexibility index (Phi) is 24.4. The lowest BCUT2D eigenvalue weighted by molar-refractivity contribution is -0.123. The third kappa shape index (κ3) is 24.7. The van der Waals surface area contributed by atoms with Crippen LogP contribution < -0.4 is 10.6 Å². The van der Waals surface area contributed by atoms with Crippen LogP contribution in [0.25, 0.3) is 0 Å². The smallest absolute Gasteiger partial charge is 0.220 e. The zero-order valence-corrected chi connectivity index (χ0v) is 21.3. The average Bonchev–Trinajstić information content (AvgIpc) is 2.79. The summed E-state index contributed by atoms with van der Waals surface area (Å²) in [5, 5.41) is 5.93. The first-order valence-corrected chi connectivity index (χ1v) is 13.5. The Bertz CT molecular complexity index is 442. The number of amides is 2. The van der Waals surface area contributed by atoms with Gasteiger partial charge in [-0.2, -0.15) is 0 Å². The lowest BCUT2D eigenvalue weighted by atomic mass is 10.1. The van der Waals surface area contributed by atoms with Gasteiger partial charge in [0.05, 0.1) is 0 Å². The van der Waals surface area contributed by atoms with Crippen LogP contribution >= 0.6 is 0 Å². The topological polar surface area (TPSA) is 58.2 Å². The zero-order valence-electron chi connectivity index (χ0n) is 21.3. The molecule has 0 spiro atoms. The number of carbonyl (C=O) groups is 2. The summed E-state index contributed by atoms with van der Waals surface area (Å²) in [6.07, 6.45) is 28.6. The van der Waals surface area contributed by atoms with Gasteiger partial charge in [0.15, 0.2) is 0 Å². The van der Waals surface area contributed by atoms with E-state index in [1.807, 2.05) is 0 Å². The van der Waals surface area contributed by atoms with E-state index in [9.17, 15) is 9.59 Å². The second kappa shape index (κ2) is 25.7. The van der Waals surface area contributed by atoms with Crippen LogP contribution in [-0.4, -0.2) is 24.9 Å². The molecule has 2 amide bonds. The molecule has 0 aliphatic carbocycles. The number of unbranched alkanes of at least 4 members (excludes halogenated alkanes) is 11. The number of allylic oxidation sites excluding steroid dienone is 2. The lowest BCUT2D eigenvalue weighted by Gasteiger charge is -2.05. The van der Waals surface area contributed by atoms with Crippen LogP contribution in [0.2, 0.25) is 0 Å². The van der Waals surface area contributed by atoms with Gasteiger partial charge >= 0.3 is 0 Å². The SMILES string of the molecule is CCCCCCC/C=C/CCNC(=O)CCCCC(=O)NCC/C=C/CCCCCCC. The molecular weight excluding hydrogens is 396 g/mol. The molecule has 4 nitrogen and oxygen atoms in total. The fourth-order valence-electron chi connectivity index (χ4n) is 3.54. The molecule has 0 rings (SSSR count). The van der Waals surface area contributed by atoms with E-state index in [-0.39, 0.29) is 11.8 Å². The number of carbonyl (C=O) groups excluding carboxylic acids is 2. The van der Waals surface area contributed by atoms with Gasteiger partial charge in [0.25, 0.3) is 0 Å². The van der Waals surface area contributed by atoms with Crippen molar-refractivity contribution in [2.75, 3.05) is 13.1 Å². The van der Waals surface area contributed by atoms with Gasteiger partial charge < -0.3 is 10.6 Å². The van der Waals surface area contributed by atoms with Gasteiger partial charge in [-0.15, -0.1) is 0 Å². The molecule has 0 radical (unpaired) electrons. The van der Waals surface area contributed by atoms with Gasteiger partial charge in [-0.25, -0.2) is 0 Å². The van der Waals surface area contributed by atoms with Gasteiger partial charge in [0, 0.05) is 25.9 Å². The van der Waals surface area contributed by atoms with Gasteiger partial charge in [-0.3, -0.25) is 9.59 Å². The Hall–Kier alpha value is -1.58. The summed E-state index contributed by atoms with van der Waals surface area (Å²) in [6.45, 7) is 5.89. The quantitative estimate of drug-likeness (QED) is 0.126. The molecule has 0 saturated carbocycles. The standard InChI is InChI=1S/C28H52N2O2/c1-3-5-7-9-11-13-15-17-21-25-29-27(31)23-19-20-24-28(32)30-26-22-18-16-14-12-10-8-6-4-2/h15-18H,3-14,19-26H2,1-2H3,(H,29,31)(H,30,32)/b17-15+,18-16+. The number of nitrogens with one attached hydrogen (secondary N) is 2. The van der Waals surface area contributed by atoms with Crippen LogP contribution in [0.1, 0.15) is 129 Å². The van der Waals surface area contributed by atoms with Crippen molar-refractivity contribution in [1.82, 2.24) is 10.6 Å². The number of hydrogen-bond acceptors (Lipinski definition) is 2. The Balaban J connectivity index is 3.41. The van der Waals surface area contributed by atoms with Crippen molar-refractivity contribution in [3.8, 4) is 0 Å². The molecule has 0 saturated heterocycles. The first-order valence-electron chi connectivity index (χ1n) is 13.5. The van der Waals surface area contributed by atoms with Gasteiger partial charge in [0.2, 0.25) is 11.8 Å². The second-order valence-corrected chi connectivity index (χ2v) is 8.83. The molecule has 0 aromatic heterocycles. The van der Waals surface area contributed by atoms with Crippen LogP contribution in [0.15, 0.2) is 24.3 Å². The van der Waals surface area contributed by atoms with Crippen molar-refractivity contribution in [2.45, 2.75) is 129 Å². The molecule has 0 aromatic rings. The van der Waals surface area contributed by atoms with Crippen molar-refractivity contribution in [3.05, 3.63) is 24.3 Å². The Labute approximate surface area is 199 Å². The minimum atomic E-state index is 0.0956. The van der Waals surface area contributed by atoms with Crippen LogP contribution in [0.3, 0.4) is 0 Å². The molecule has 0 aliphatic heterocycles. The summed E-state index contributed by atoms with van der Waals surface area (Å²) in [5.74, 6) is 0.191. The molecule has 0 aliphatic rings. The summed E-state index contributed by atoms with van der Waals surface area (Å²) >= 11 is 0. The molecular formula is C28H52N2O2. The van der Waals surface area contributed by atoms with E-state index in [1.165, 1.54) is 64.2 Å². The Morgan fingerprint density at radius 2 is 0.875 bits per heavy atom. The zero-order chi connectivity index (χ0) is 23.5. The number of rotatable bonds is 23. The van der Waals surface area contributed by atoms with Crippen molar-refractivity contribution >= 4 is 11.8 Å². The minimum absolute atomic E-state index is 0.0956. The summed E-state index contributed by atoms with van der Waals surface area (Å²) in [4.78, 5) is 23.7. The van der Waals surface area contributed by atoms with Crippen molar-refractivity contribution in [3.63, 3.8) is 0 Å². The van der Waals surface area contributed by atoms with E-state index < -0.39 is 0 Å². The van der Waals surface area contributed by atoms with Crippen LogP contribution in [-0.2, 0) is 9.59 Å². The molecule has 0 fully saturated rings. The molecule has 4 heteroatoms. The van der Waals surface area contributed by atoms with Gasteiger partial charge in [-0.1, -0.05) is 89.5 Å². The largest absolute Gasteiger partial charge is 0.356 e. The monoisotopic (exact) mass is 448 g/mol. The predicted molar refractivity (Wildman–Crippen MR) is 139 cm³/mol. The molecule has 2 N–H and O–H groups in total. The molecule has 0 heterocycles. The third-order valence-corrected chi connectivity index (χ3v) is 5.61. The van der Waals surface area contributed by atoms with Crippen molar-refractivity contribution in [2.24, 2.45) is 0 Å². The highest BCUT2D eigenvalue weighted by Gasteiger charge is 2.03. The van der Waals surface area contributed by atoms with E-state index in [0.717, 1.165) is 38.5 Å². The highest BCUT2D eigenvalue weighted by Crippen LogP contribution is 2.06. The first kappa shape index (κ1) is 30.4. The van der Waals surface area contributed by atoms with E-state index >= 15 is 0 Å². The van der Waals surface area contributed by atoms with Crippen LogP contribution in [0, 0.1) is 0 Å². The summed E-state index contributed by atoms with van der Waals surface area (Å²) in [6, 6.07) is 0. The second-order valence-electron chi connectivity index (χ2n) is 8.83. The Morgan fingerprint density at radius 1 is 0.500 bits per heavy atom. The number of hydrogen-bond donors (Lipinski definition) is 2. The first-order chi connectivity index (χ1) is 15.7. The van der Waals surface area contributed by atoms with E-state index in [2.05, 4.69) is 48.8 Å². The lowest BCUT2D eigenvalue weighted by Crippen LogP contribution is -2.25. The average molecular weight is 449 g/mol. The predicted octanol–water partition coefficient (Wildman–Crippen LogP) is 7.39. The summed E-state index contributed by atoms with van der Waals surface area (Å²) in [7, 11) is 0. The molecule has 32 heavy (non-hydrogen) atoms. The molecule has 0 bridgehead atoms.